The molecule has 0 aromatic carbocycles. The summed E-state index contributed by atoms with van der Waals surface area (Å²) >= 11 is 0. The molecule has 0 atom stereocenters. The van der Waals surface area contributed by atoms with Crippen LogP contribution < -0.4 is 0 Å². The van der Waals surface area contributed by atoms with Crippen molar-refractivity contribution in [3.05, 3.63) is 13.3 Å². The van der Waals surface area contributed by atoms with E-state index in [2.05, 4.69) is 20.3 Å². The van der Waals surface area contributed by atoms with Gasteiger partial charge in [-0.05, 0) is 0 Å². The standard InChI is InChI=1S/C6H12/c1-3-5-6-4-2/h6H,1,3-5H2,2H3/q-2. The summed E-state index contributed by atoms with van der Waals surface area (Å²) in [6.45, 7) is 5.84. The van der Waals surface area contributed by atoms with E-state index in [9.17, 15) is 0 Å². The van der Waals surface area contributed by atoms with Crippen molar-refractivity contribution in [3.8, 4) is 0 Å². The predicted molar refractivity (Wildman–Crippen MR) is 29.2 cm³/mol. The summed E-state index contributed by atoms with van der Waals surface area (Å²) in [5.41, 5.74) is 0. The van der Waals surface area contributed by atoms with Crippen molar-refractivity contribution in [2.75, 3.05) is 0 Å². The minimum atomic E-state index is 1.05. The Morgan fingerprint density at radius 2 is 2.33 bits per heavy atom. The lowest BCUT2D eigenvalue weighted by molar-refractivity contribution is 0.900. The highest BCUT2D eigenvalue weighted by Crippen LogP contribution is 1.93. The zero-order chi connectivity index (χ0) is 4.83. The van der Waals surface area contributed by atoms with Crippen LogP contribution in [0.15, 0.2) is 0 Å². The van der Waals surface area contributed by atoms with Crippen LogP contribution in [-0.2, 0) is 0 Å². The third-order valence-electron chi connectivity index (χ3n) is 0.697. The molecule has 0 aliphatic rings. The van der Waals surface area contributed by atoms with Crippen LogP contribution in [0.4, 0.5) is 0 Å². The van der Waals surface area contributed by atoms with Gasteiger partial charge < -0.3 is 13.3 Å². The fourth-order valence-corrected chi connectivity index (χ4v) is 0.348. The zero-order valence-corrected chi connectivity index (χ0v) is 4.41. The second-order valence-corrected chi connectivity index (χ2v) is 1.34. The van der Waals surface area contributed by atoms with E-state index in [1.54, 1.807) is 0 Å². The van der Waals surface area contributed by atoms with Crippen LogP contribution in [-0.4, -0.2) is 0 Å². The maximum atomic E-state index is 3.69. The molecule has 0 aromatic heterocycles. The summed E-state index contributed by atoms with van der Waals surface area (Å²) in [6.07, 6.45) is 5.66. The largest absolute Gasteiger partial charge is 0.346 e. The second kappa shape index (κ2) is 5.00. The molecule has 0 heterocycles. The molecule has 0 saturated carbocycles. The maximum absolute atomic E-state index is 3.69. The van der Waals surface area contributed by atoms with Gasteiger partial charge in [-0.2, -0.15) is 6.42 Å². The molecule has 0 aliphatic heterocycles. The molecule has 0 fully saturated rings. The monoisotopic (exact) mass is 84.1 g/mol. The summed E-state index contributed by atoms with van der Waals surface area (Å²) in [6, 6.07) is 0. The van der Waals surface area contributed by atoms with Crippen molar-refractivity contribution < 1.29 is 0 Å². The van der Waals surface area contributed by atoms with Crippen molar-refractivity contribution in [3.63, 3.8) is 0 Å². The van der Waals surface area contributed by atoms with Crippen LogP contribution in [0.3, 0.4) is 0 Å². The minimum absolute atomic E-state index is 1.05. The Morgan fingerprint density at radius 3 is 2.50 bits per heavy atom. The molecule has 38 valence electrons. The van der Waals surface area contributed by atoms with Crippen molar-refractivity contribution in [1.29, 1.82) is 0 Å². The quantitative estimate of drug-likeness (QED) is 0.363. The molecule has 0 unspecified atom stereocenters. The molecule has 0 rings (SSSR count). The van der Waals surface area contributed by atoms with Crippen molar-refractivity contribution >= 4 is 0 Å². The Bertz CT molecular complexity index is 12.0. The number of rotatable bonds is 3. The molecule has 0 bridgehead atoms. The average Bonchev–Trinajstić information content (AvgIpc) is 1.61. The van der Waals surface area contributed by atoms with E-state index in [1.807, 2.05) is 0 Å². The first-order valence-corrected chi connectivity index (χ1v) is 2.52. The van der Waals surface area contributed by atoms with Gasteiger partial charge >= 0.3 is 0 Å². The first kappa shape index (κ1) is 6.00. The van der Waals surface area contributed by atoms with Crippen LogP contribution in [0.25, 0.3) is 0 Å². The highest BCUT2D eigenvalue weighted by Gasteiger charge is 1.57. The highest BCUT2D eigenvalue weighted by atomic mass is 13.8. The van der Waals surface area contributed by atoms with E-state index in [0.717, 1.165) is 6.42 Å². The van der Waals surface area contributed by atoms with Gasteiger partial charge in [0.2, 0.25) is 0 Å². The SMILES string of the molecule is [CH2-]CC[CH-]CC. The summed E-state index contributed by atoms with van der Waals surface area (Å²) < 4.78 is 0. The minimum Gasteiger partial charge on any atom is -0.346 e. The van der Waals surface area contributed by atoms with Gasteiger partial charge in [0.1, 0.15) is 0 Å². The molecule has 0 saturated heterocycles. The third-order valence-corrected chi connectivity index (χ3v) is 0.697. The van der Waals surface area contributed by atoms with Gasteiger partial charge in [0.05, 0.1) is 0 Å². The molecule has 0 spiro atoms. The average molecular weight is 84.2 g/mol. The van der Waals surface area contributed by atoms with Crippen LogP contribution >= 0.6 is 0 Å². The summed E-state index contributed by atoms with van der Waals surface area (Å²) in [7, 11) is 0. The zero-order valence-electron chi connectivity index (χ0n) is 4.41. The van der Waals surface area contributed by atoms with Crippen LogP contribution in [0, 0.1) is 13.3 Å². The Morgan fingerprint density at radius 1 is 1.67 bits per heavy atom. The lowest BCUT2D eigenvalue weighted by Gasteiger charge is -2.04. The van der Waals surface area contributed by atoms with E-state index in [0.29, 0.717) is 0 Å². The fourth-order valence-electron chi connectivity index (χ4n) is 0.348. The molecule has 0 amide bonds. The molecule has 0 nitrogen and oxygen atoms in total. The van der Waals surface area contributed by atoms with Crippen LogP contribution in [0.1, 0.15) is 26.2 Å². The second-order valence-electron chi connectivity index (χ2n) is 1.34. The smallest absolute Gasteiger partial charge is 0.0925 e. The first-order chi connectivity index (χ1) is 2.91. The molecular formula is C6H12-2. The molecule has 0 radical (unpaired) electrons. The highest BCUT2D eigenvalue weighted by molar-refractivity contribution is 4.60. The van der Waals surface area contributed by atoms with Crippen molar-refractivity contribution in [1.82, 2.24) is 0 Å². The predicted octanol–water partition coefficient (Wildman–Crippen LogP) is 2.21. The molecule has 0 aromatic rings. The van der Waals surface area contributed by atoms with Gasteiger partial charge in [-0.3, -0.25) is 0 Å². The third kappa shape index (κ3) is 4.00. The summed E-state index contributed by atoms with van der Waals surface area (Å²) in [4.78, 5) is 0. The number of hydrogen-bond acceptors (Lipinski definition) is 0. The van der Waals surface area contributed by atoms with Crippen molar-refractivity contribution in [2.45, 2.75) is 26.2 Å². The first-order valence-electron chi connectivity index (χ1n) is 2.52. The van der Waals surface area contributed by atoms with Gasteiger partial charge in [0.25, 0.3) is 0 Å². The van der Waals surface area contributed by atoms with Gasteiger partial charge in [-0.15, -0.1) is 0 Å². The molecule has 0 aliphatic carbocycles. The van der Waals surface area contributed by atoms with Gasteiger partial charge in [0, 0.05) is 0 Å². The number of unbranched alkanes of at least 4 members (excludes halogenated alkanes) is 3. The van der Waals surface area contributed by atoms with Crippen LogP contribution in [0.2, 0.25) is 0 Å². The van der Waals surface area contributed by atoms with Crippen molar-refractivity contribution in [2.24, 2.45) is 0 Å². The van der Waals surface area contributed by atoms with Gasteiger partial charge in [0.15, 0.2) is 0 Å². The Labute approximate surface area is 40.6 Å². The summed E-state index contributed by atoms with van der Waals surface area (Å²) in [5, 5.41) is 0. The van der Waals surface area contributed by atoms with E-state index in [1.165, 1.54) is 12.8 Å². The van der Waals surface area contributed by atoms with E-state index in [-0.39, 0.29) is 0 Å². The molecular weight excluding hydrogens is 72.1 g/mol. The Balaban J connectivity index is 2.34. The Hall–Kier alpha value is 0. The molecule has 6 heavy (non-hydrogen) atoms. The molecule has 0 N–H and O–H groups in total. The van der Waals surface area contributed by atoms with E-state index < -0.39 is 0 Å². The topological polar surface area (TPSA) is 0 Å². The Kier molecular flexibility index (Phi) is 5.00. The van der Waals surface area contributed by atoms with Gasteiger partial charge in [-0.25, -0.2) is 12.8 Å². The van der Waals surface area contributed by atoms with Gasteiger partial charge in [-0.1, -0.05) is 6.92 Å². The van der Waals surface area contributed by atoms with Crippen LogP contribution in [0.5, 0.6) is 0 Å². The normalized spacial score (nSPS) is 9.00. The fraction of sp³-hybridized carbons (Fsp3) is 0.667. The molecule has 0 heteroatoms. The van der Waals surface area contributed by atoms with E-state index in [4.69, 9.17) is 0 Å². The summed E-state index contributed by atoms with van der Waals surface area (Å²) in [5.74, 6) is 0. The number of hydrogen-bond donors (Lipinski definition) is 0. The lowest BCUT2D eigenvalue weighted by Crippen LogP contribution is -1.68. The lowest BCUT2D eigenvalue weighted by atomic mass is 10.2. The maximum Gasteiger partial charge on any atom is -0.0925 e. The van der Waals surface area contributed by atoms with E-state index >= 15 is 0 Å².